The number of hydrogen-bond acceptors (Lipinski definition) is 2. The molecule has 0 heterocycles. The highest BCUT2D eigenvalue weighted by Gasteiger charge is 2.11. The molecule has 1 atom stereocenters. The van der Waals surface area contributed by atoms with Crippen molar-refractivity contribution in [3.8, 4) is 5.75 Å². The van der Waals surface area contributed by atoms with E-state index in [1.165, 1.54) is 12.1 Å². The van der Waals surface area contributed by atoms with Gasteiger partial charge in [-0.2, -0.15) is 0 Å². The molecule has 2 nitrogen and oxygen atoms in total. The highest BCUT2D eigenvalue weighted by Crippen LogP contribution is 2.24. The summed E-state index contributed by atoms with van der Waals surface area (Å²) in [7, 11) is 0. The van der Waals surface area contributed by atoms with E-state index >= 15 is 0 Å². The molecule has 0 spiro atoms. The maximum absolute atomic E-state index is 13.1. The molecule has 0 saturated heterocycles. The van der Waals surface area contributed by atoms with E-state index in [9.17, 15) is 9.50 Å². The van der Waals surface area contributed by atoms with Gasteiger partial charge in [0.05, 0.1) is 12.7 Å². The first kappa shape index (κ1) is 15.5. The minimum atomic E-state index is -0.626. The second-order valence-electron chi connectivity index (χ2n) is 5.21. The van der Waals surface area contributed by atoms with Gasteiger partial charge in [-0.15, -0.1) is 0 Å². The van der Waals surface area contributed by atoms with Gasteiger partial charge in [0.1, 0.15) is 11.6 Å². The summed E-state index contributed by atoms with van der Waals surface area (Å²) in [4.78, 5) is 0. The molecule has 3 heteroatoms. The fourth-order valence-corrected chi connectivity index (χ4v) is 2.25. The first-order valence-electron chi connectivity index (χ1n) is 7.26. The second kappa shape index (κ2) is 7.23. The van der Waals surface area contributed by atoms with E-state index in [2.05, 4.69) is 6.92 Å². The normalized spacial score (nSPS) is 12.2. The number of hydrogen-bond donors (Lipinski definition) is 1. The zero-order valence-corrected chi connectivity index (χ0v) is 12.5. The van der Waals surface area contributed by atoms with Crippen LogP contribution in [0.2, 0.25) is 0 Å². The number of aryl methyl sites for hydroxylation is 1. The van der Waals surface area contributed by atoms with Crippen LogP contribution in [0.1, 0.15) is 36.1 Å². The van der Waals surface area contributed by atoms with E-state index in [0.717, 1.165) is 28.9 Å². The number of aliphatic hydroxyl groups is 1. The lowest BCUT2D eigenvalue weighted by Crippen LogP contribution is -2.04. The molecular formula is C18H21FO2. The summed E-state index contributed by atoms with van der Waals surface area (Å²) in [5.74, 6) is 0.518. The fourth-order valence-electron chi connectivity index (χ4n) is 2.25. The van der Waals surface area contributed by atoms with Gasteiger partial charge >= 0.3 is 0 Å². The molecule has 2 aromatic rings. The smallest absolute Gasteiger partial charge is 0.123 e. The lowest BCUT2D eigenvalue weighted by atomic mass is 9.98. The molecule has 0 amide bonds. The van der Waals surface area contributed by atoms with E-state index in [0.29, 0.717) is 13.0 Å². The highest BCUT2D eigenvalue weighted by atomic mass is 19.1. The second-order valence-corrected chi connectivity index (χ2v) is 5.21. The molecule has 0 aromatic heterocycles. The lowest BCUT2D eigenvalue weighted by Gasteiger charge is -2.14. The zero-order chi connectivity index (χ0) is 15.2. The predicted octanol–water partition coefficient (Wildman–Crippen LogP) is 4.20. The summed E-state index contributed by atoms with van der Waals surface area (Å²) < 4.78 is 18.7. The van der Waals surface area contributed by atoms with Crippen molar-refractivity contribution in [2.24, 2.45) is 0 Å². The summed E-state index contributed by atoms with van der Waals surface area (Å²) in [5.41, 5.74) is 2.61. The Morgan fingerprint density at radius 2 is 2.00 bits per heavy atom. The van der Waals surface area contributed by atoms with Crippen LogP contribution in [0.3, 0.4) is 0 Å². The Balaban J connectivity index is 2.10. The third-order valence-electron chi connectivity index (χ3n) is 3.43. The lowest BCUT2D eigenvalue weighted by molar-refractivity contribution is 0.177. The molecule has 0 radical (unpaired) electrons. The average Bonchev–Trinajstić information content (AvgIpc) is 2.48. The van der Waals surface area contributed by atoms with Crippen molar-refractivity contribution in [3.63, 3.8) is 0 Å². The molecule has 0 bridgehead atoms. The Hall–Kier alpha value is -1.87. The fraction of sp³-hybridized carbons (Fsp3) is 0.333. The minimum Gasteiger partial charge on any atom is -0.494 e. The van der Waals surface area contributed by atoms with Crippen LogP contribution in [0, 0.1) is 12.7 Å². The first-order valence-corrected chi connectivity index (χ1v) is 7.26. The van der Waals surface area contributed by atoms with Crippen molar-refractivity contribution in [1.29, 1.82) is 0 Å². The van der Waals surface area contributed by atoms with Crippen molar-refractivity contribution in [1.82, 2.24) is 0 Å². The van der Waals surface area contributed by atoms with Crippen LogP contribution in [0.4, 0.5) is 4.39 Å². The third kappa shape index (κ3) is 4.30. The van der Waals surface area contributed by atoms with Crippen LogP contribution in [-0.2, 0) is 6.42 Å². The van der Waals surface area contributed by atoms with Gasteiger partial charge in [0, 0.05) is 6.42 Å². The van der Waals surface area contributed by atoms with Gasteiger partial charge < -0.3 is 9.84 Å². The molecule has 0 aliphatic heterocycles. The van der Waals surface area contributed by atoms with Crippen LogP contribution >= 0.6 is 0 Å². The number of benzene rings is 2. The molecule has 21 heavy (non-hydrogen) atoms. The molecule has 0 fully saturated rings. The van der Waals surface area contributed by atoms with Crippen LogP contribution in [0.15, 0.2) is 42.5 Å². The molecule has 1 unspecified atom stereocenters. The Morgan fingerprint density at radius 3 is 2.71 bits per heavy atom. The highest BCUT2D eigenvalue weighted by molar-refractivity contribution is 5.33. The molecule has 0 saturated carbocycles. The number of aliphatic hydroxyl groups excluding tert-OH is 1. The van der Waals surface area contributed by atoms with Crippen molar-refractivity contribution < 1.29 is 14.2 Å². The molecule has 2 aromatic carbocycles. The van der Waals surface area contributed by atoms with Gasteiger partial charge in [0.25, 0.3) is 0 Å². The van der Waals surface area contributed by atoms with E-state index in [1.807, 2.05) is 31.2 Å². The van der Waals surface area contributed by atoms with Crippen molar-refractivity contribution in [3.05, 3.63) is 65.0 Å². The van der Waals surface area contributed by atoms with Gasteiger partial charge in [-0.1, -0.05) is 25.1 Å². The maximum Gasteiger partial charge on any atom is 0.123 e. The van der Waals surface area contributed by atoms with Gasteiger partial charge in [-0.3, -0.25) is 0 Å². The molecular weight excluding hydrogens is 267 g/mol. The van der Waals surface area contributed by atoms with Gasteiger partial charge in [-0.25, -0.2) is 4.39 Å². The van der Waals surface area contributed by atoms with E-state index < -0.39 is 6.10 Å². The Bertz CT molecular complexity index is 596. The van der Waals surface area contributed by atoms with Crippen LogP contribution in [0.25, 0.3) is 0 Å². The van der Waals surface area contributed by atoms with Crippen LogP contribution < -0.4 is 4.74 Å². The number of ether oxygens (including phenoxy) is 1. The van der Waals surface area contributed by atoms with Crippen LogP contribution in [0.5, 0.6) is 5.75 Å². The van der Waals surface area contributed by atoms with E-state index in [1.54, 1.807) is 6.07 Å². The molecule has 112 valence electrons. The third-order valence-corrected chi connectivity index (χ3v) is 3.43. The van der Waals surface area contributed by atoms with E-state index in [-0.39, 0.29) is 5.82 Å². The molecule has 0 aliphatic carbocycles. The van der Waals surface area contributed by atoms with Crippen LogP contribution in [-0.4, -0.2) is 11.7 Å². The summed E-state index contributed by atoms with van der Waals surface area (Å²) in [5, 5.41) is 10.4. The minimum absolute atomic E-state index is 0.249. The Morgan fingerprint density at radius 1 is 1.19 bits per heavy atom. The summed E-state index contributed by atoms with van der Waals surface area (Å²) in [6.07, 6.45) is 0.782. The summed E-state index contributed by atoms with van der Waals surface area (Å²) in [6, 6.07) is 12.1. The Kier molecular flexibility index (Phi) is 5.34. The van der Waals surface area contributed by atoms with Gasteiger partial charge in [0.2, 0.25) is 0 Å². The molecule has 2 rings (SSSR count). The Labute approximate surface area is 125 Å². The number of rotatable bonds is 6. The van der Waals surface area contributed by atoms with Gasteiger partial charge in [-0.05, 0) is 54.3 Å². The molecule has 0 aliphatic rings. The maximum atomic E-state index is 13.1. The summed E-state index contributed by atoms with van der Waals surface area (Å²) >= 11 is 0. The predicted molar refractivity (Wildman–Crippen MR) is 82.0 cm³/mol. The van der Waals surface area contributed by atoms with Crippen molar-refractivity contribution >= 4 is 0 Å². The topological polar surface area (TPSA) is 29.5 Å². The standard InChI is InChI=1S/C18H21FO2/c1-3-9-21-17-6-4-5-15(11-17)18(20)12-14-7-8-16(19)10-13(14)2/h4-8,10-11,18,20H,3,9,12H2,1-2H3. The van der Waals surface area contributed by atoms with Crippen molar-refractivity contribution in [2.45, 2.75) is 32.8 Å². The number of halogens is 1. The SMILES string of the molecule is CCCOc1cccc(C(O)Cc2ccc(F)cc2C)c1. The van der Waals surface area contributed by atoms with E-state index in [4.69, 9.17) is 4.74 Å². The monoisotopic (exact) mass is 288 g/mol. The average molecular weight is 288 g/mol. The zero-order valence-electron chi connectivity index (χ0n) is 12.5. The quantitative estimate of drug-likeness (QED) is 0.863. The largest absolute Gasteiger partial charge is 0.494 e. The molecule has 1 N–H and O–H groups in total. The van der Waals surface area contributed by atoms with Gasteiger partial charge in [0.15, 0.2) is 0 Å². The summed E-state index contributed by atoms with van der Waals surface area (Å²) in [6.45, 7) is 4.57. The first-order chi connectivity index (χ1) is 10.1. The van der Waals surface area contributed by atoms with Crippen molar-refractivity contribution in [2.75, 3.05) is 6.61 Å².